The predicted molar refractivity (Wildman–Crippen MR) is 78.1 cm³/mol. The molecule has 0 radical (unpaired) electrons. The van der Waals surface area contributed by atoms with E-state index in [1.54, 1.807) is 12.3 Å². The van der Waals surface area contributed by atoms with Crippen LogP contribution in [-0.4, -0.2) is 22.1 Å². The van der Waals surface area contributed by atoms with E-state index in [2.05, 4.69) is 21.1 Å². The maximum atomic E-state index is 13.1. The molecule has 2 aromatic heterocycles. The van der Waals surface area contributed by atoms with Crippen molar-refractivity contribution in [3.05, 3.63) is 59.3 Å². The van der Waals surface area contributed by atoms with Crippen molar-refractivity contribution in [3.8, 4) is 0 Å². The lowest BCUT2D eigenvalue weighted by molar-refractivity contribution is 0.305. The third kappa shape index (κ3) is 2.92. The average molecular weight is 285 g/mol. The minimum atomic E-state index is -0.315. The third-order valence-electron chi connectivity index (χ3n) is 3.49. The molecule has 3 aromatic rings. The first-order valence-electron chi connectivity index (χ1n) is 6.76. The Morgan fingerprint density at radius 2 is 2.10 bits per heavy atom. The van der Waals surface area contributed by atoms with E-state index in [4.69, 9.17) is 4.52 Å². The molecule has 3 rings (SSSR count). The van der Waals surface area contributed by atoms with E-state index in [-0.39, 0.29) is 5.82 Å². The SMILES string of the molecule is Cc1ncccc1CN(C)Cc1noc2cc(F)ccc12. The Labute approximate surface area is 122 Å². The molecule has 1 aromatic carbocycles. The summed E-state index contributed by atoms with van der Waals surface area (Å²) in [6, 6.07) is 8.49. The highest BCUT2D eigenvalue weighted by atomic mass is 19.1. The van der Waals surface area contributed by atoms with Crippen LogP contribution in [0.25, 0.3) is 11.0 Å². The Morgan fingerprint density at radius 1 is 1.24 bits per heavy atom. The lowest BCUT2D eigenvalue weighted by atomic mass is 10.1. The zero-order valence-electron chi connectivity index (χ0n) is 12.0. The molecule has 0 N–H and O–H groups in total. The number of fused-ring (bicyclic) bond motifs is 1. The smallest absolute Gasteiger partial charge is 0.170 e. The van der Waals surface area contributed by atoms with Crippen LogP contribution >= 0.6 is 0 Å². The number of aryl methyl sites for hydroxylation is 1. The van der Waals surface area contributed by atoms with E-state index >= 15 is 0 Å². The van der Waals surface area contributed by atoms with Crippen molar-refractivity contribution in [2.45, 2.75) is 20.0 Å². The summed E-state index contributed by atoms with van der Waals surface area (Å²) >= 11 is 0. The van der Waals surface area contributed by atoms with Gasteiger partial charge < -0.3 is 4.52 Å². The largest absolute Gasteiger partial charge is 0.356 e. The van der Waals surface area contributed by atoms with Crippen molar-refractivity contribution in [2.75, 3.05) is 7.05 Å². The number of hydrogen-bond donors (Lipinski definition) is 0. The number of aromatic nitrogens is 2. The number of halogens is 1. The molecule has 0 fully saturated rings. The summed E-state index contributed by atoms with van der Waals surface area (Å²) in [6.45, 7) is 3.40. The molecule has 0 aliphatic heterocycles. The van der Waals surface area contributed by atoms with Crippen molar-refractivity contribution in [3.63, 3.8) is 0 Å². The molecule has 0 bridgehead atoms. The van der Waals surface area contributed by atoms with Crippen LogP contribution in [0.2, 0.25) is 0 Å². The van der Waals surface area contributed by atoms with Crippen LogP contribution in [0.5, 0.6) is 0 Å². The summed E-state index contributed by atoms with van der Waals surface area (Å²) in [4.78, 5) is 6.42. The van der Waals surface area contributed by atoms with Gasteiger partial charge in [-0.1, -0.05) is 11.2 Å². The summed E-state index contributed by atoms with van der Waals surface area (Å²) in [5.74, 6) is -0.315. The molecule has 2 heterocycles. The van der Waals surface area contributed by atoms with E-state index in [9.17, 15) is 4.39 Å². The highest BCUT2D eigenvalue weighted by molar-refractivity contribution is 5.79. The van der Waals surface area contributed by atoms with Crippen molar-refractivity contribution < 1.29 is 8.91 Å². The zero-order chi connectivity index (χ0) is 14.8. The molecule has 0 amide bonds. The normalized spacial score (nSPS) is 11.4. The molecule has 4 nitrogen and oxygen atoms in total. The van der Waals surface area contributed by atoms with Crippen LogP contribution in [0.3, 0.4) is 0 Å². The summed E-state index contributed by atoms with van der Waals surface area (Å²) in [5, 5.41) is 4.89. The summed E-state index contributed by atoms with van der Waals surface area (Å²) in [7, 11) is 2.01. The van der Waals surface area contributed by atoms with E-state index in [1.165, 1.54) is 17.7 Å². The van der Waals surface area contributed by atoms with Gasteiger partial charge in [0.05, 0.1) is 0 Å². The second-order valence-electron chi connectivity index (χ2n) is 5.19. The maximum absolute atomic E-state index is 13.1. The van der Waals surface area contributed by atoms with Crippen LogP contribution in [0.1, 0.15) is 17.0 Å². The first-order valence-corrected chi connectivity index (χ1v) is 6.76. The fourth-order valence-corrected chi connectivity index (χ4v) is 2.36. The quantitative estimate of drug-likeness (QED) is 0.737. The Kier molecular flexibility index (Phi) is 3.66. The minimum absolute atomic E-state index is 0.315. The third-order valence-corrected chi connectivity index (χ3v) is 3.49. The topological polar surface area (TPSA) is 42.2 Å². The number of hydrogen-bond acceptors (Lipinski definition) is 4. The molecular formula is C16H16FN3O. The van der Waals surface area contributed by atoms with Gasteiger partial charge in [-0.2, -0.15) is 0 Å². The van der Waals surface area contributed by atoms with E-state index in [0.29, 0.717) is 12.1 Å². The molecule has 0 aliphatic rings. The number of nitrogens with zero attached hydrogens (tertiary/aromatic N) is 3. The Morgan fingerprint density at radius 3 is 2.90 bits per heavy atom. The highest BCUT2D eigenvalue weighted by Crippen LogP contribution is 2.21. The predicted octanol–water partition coefficient (Wildman–Crippen LogP) is 3.30. The Balaban J connectivity index is 1.77. The number of benzene rings is 1. The molecular weight excluding hydrogens is 269 g/mol. The van der Waals surface area contributed by atoms with Gasteiger partial charge in [-0.3, -0.25) is 9.88 Å². The summed E-state index contributed by atoms with van der Waals surface area (Å²) < 4.78 is 18.3. The molecule has 0 saturated carbocycles. The van der Waals surface area contributed by atoms with Crippen LogP contribution in [0.15, 0.2) is 41.1 Å². The molecule has 0 atom stereocenters. The Hall–Kier alpha value is -2.27. The van der Waals surface area contributed by atoms with Crippen LogP contribution < -0.4 is 0 Å². The number of pyridine rings is 1. The van der Waals surface area contributed by atoms with Gasteiger partial charge in [0.2, 0.25) is 0 Å². The Bertz CT molecular complexity index is 769. The minimum Gasteiger partial charge on any atom is -0.356 e. The molecule has 21 heavy (non-hydrogen) atoms. The molecule has 0 unspecified atom stereocenters. The van der Waals surface area contributed by atoms with Crippen LogP contribution in [0.4, 0.5) is 4.39 Å². The first-order chi connectivity index (χ1) is 10.1. The highest BCUT2D eigenvalue weighted by Gasteiger charge is 2.12. The monoisotopic (exact) mass is 285 g/mol. The van der Waals surface area contributed by atoms with Crippen molar-refractivity contribution in [1.29, 1.82) is 0 Å². The fraction of sp³-hybridized carbons (Fsp3) is 0.250. The zero-order valence-corrected chi connectivity index (χ0v) is 12.0. The molecule has 0 spiro atoms. The van der Waals surface area contributed by atoms with Gasteiger partial charge in [-0.15, -0.1) is 0 Å². The average Bonchev–Trinajstić information content (AvgIpc) is 2.83. The molecule has 0 saturated heterocycles. The van der Waals surface area contributed by atoms with E-state index in [1.807, 2.05) is 20.0 Å². The van der Waals surface area contributed by atoms with Crippen LogP contribution in [0, 0.1) is 12.7 Å². The lowest BCUT2D eigenvalue weighted by Gasteiger charge is -2.16. The summed E-state index contributed by atoms with van der Waals surface area (Å²) in [5.41, 5.74) is 3.50. The first kappa shape index (κ1) is 13.7. The van der Waals surface area contributed by atoms with E-state index < -0.39 is 0 Å². The molecule has 108 valence electrons. The molecule has 5 heteroatoms. The van der Waals surface area contributed by atoms with Gasteiger partial charge in [-0.05, 0) is 37.7 Å². The maximum Gasteiger partial charge on any atom is 0.170 e. The van der Waals surface area contributed by atoms with Gasteiger partial charge in [-0.25, -0.2) is 4.39 Å². The van der Waals surface area contributed by atoms with E-state index in [0.717, 1.165) is 23.3 Å². The lowest BCUT2D eigenvalue weighted by Crippen LogP contribution is -2.18. The van der Waals surface area contributed by atoms with Crippen molar-refractivity contribution in [2.24, 2.45) is 0 Å². The van der Waals surface area contributed by atoms with Crippen LogP contribution in [-0.2, 0) is 13.1 Å². The van der Waals surface area contributed by atoms with Gasteiger partial charge in [0.15, 0.2) is 5.58 Å². The molecule has 0 aliphatic carbocycles. The fourth-order valence-electron chi connectivity index (χ4n) is 2.36. The van der Waals surface area contributed by atoms with Gasteiger partial charge in [0.1, 0.15) is 11.5 Å². The standard InChI is InChI=1S/C16H16FN3O/c1-11-12(4-3-7-18-11)9-20(2)10-15-14-6-5-13(17)8-16(14)21-19-15/h3-8H,9-10H2,1-2H3. The van der Waals surface area contributed by atoms with Crippen molar-refractivity contribution >= 4 is 11.0 Å². The van der Waals surface area contributed by atoms with Gasteiger partial charge in [0.25, 0.3) is 0 Å². The van der Waals surface area contributed by atoms with Gasteiger partial charge in [0, 0.05) is 36.4 Å². The second kappa shape index (κ2) is 5.61. The second-order valence-corrected chi connectivity index (χ2v) is 5.19. The van der Waals surface area contributed by atoms with Crippen molar-refractivity contribution in [1.82, 2.24) is 15.0 Å². The van der Waals surface area contributed by atoms with Gasteiger partial charge >= 0.3 is 0 Å². The summed E-state index contributed by atoms with van der Waals surface area (Å²) in [6.07, 6.45) is 1.79. The number of rotatable bonds is 4.